The molecule has 2 aromatic carbocycles. The van der Waals surface area contributed by atoms with E-state index in [1.807, 2.05) is 42.5 Å². The summed E-state index contributed by atoms with van der Waals surface area (Å²) in [7, 11) is -1.91. The lowest BCUT2D eigenvalue weighted by Crippen LogP contribution is -2.29. The van der Waals surface area contributed by atoms with E-state index in [0.717, 1.165) is 28.3 Å². The van der Waals surface area contributed by atoms with Gasteiger partial charge >= 0.3 is 0 Å². The smallest absolute Gasteiger partial charge is 0.243 e. The van der Waals surface area contributed by atoms with Crippen molar-refractivity contribution in [1.29, 1.82) is 0 Å². The molecular weight excluding hydrogens is 412 g/mol. The molecule has 1 atom stereocenters. The van der Waals surface area contributed by atoms with Crippen LogP contribution in [0.2, 0.25) is 0 Å². The molecule has 7 nitrogen and oxygen atoms in total. The highest BCUT2D eigenvalue weighted by molar-refractivity contribution is 7.89. The number of benzene rings is 2. The number of sulfonamides is 1. The number of aromatic nitrogens is 3. The Labute approximate surface area is 181 Å². The van der Waals surface area contributed by atoms with Crippen LogP contribution in [0.25, 0.3) is 22.6 Å². The number of methoxy groups -OCH3 is 1. The zero-order valence-corrected chi connectivity index (χ0v) is 17.9. The van der Waals surface area contributed by atoms with Gasteiger partial charge in [0.2, 0.25) is 10.0 Å². The Balaban J connectivity index is 1.54. The summed E-state index contributed by atoms with van der Waals surface area (Å²) in [5.74, 6) is 1.55. The van der Waals surface area contributed by atoms with Crippen LogP contribution in [0.1, 0.15) is 12.5 Å². The quantitative estimate of drug-likeness (QED) is 0.478. The topological polar surface area (TPSA) is 77.3 Å². The number of hydrogen-bond acceptors (Lipinski definition) is 5. The Kier molecular flexibility index (Phi) is 4.95. The molecule has 0 saturated carbocycles. The van der Waals surface area contributed by atoms with Crippen molar-refractivity contribution in [3.8, 4) is 17.1 Å². The number of ether oxygens (including phenoxy) is 1. The molecule has 0 amide bonds. The van der Waals surface area contributed by atoms with Crippen LogP contribution in [0.5, 0.6) is 5.75 Å². The first-order valence-corrected chi connectivity index (χ1v) is 11.5. The van der Waals surface area contributed by atoms with Gasteiger partial charge in [-0.1, -0.05) is 18.2 Å². The molecule has 2 aromatic heterocycles. The van der Waals surface area contributed by atoms with Crippen LogP contribution in [0.3, 0.4) is 0 Å². The van der Waals surface area contributed by atoms with Crippen molar-refractivity contribution in [2.24, 2.45) is 0 Å². The summed E-state index contributed by atoms with van der Waals surface area (Å²) in [5.41, 5.74) is 2.48. The van der Waals surface area contributed by atoms with Gasteiger partial charge in [0.1, 0.15) is 17.1 Å². The monoisotopic (exact) mass is 434 g/mol. The zero-order valence-electron chi connectivity index (χ0n) is 17.0. The van der Waals surface area contributed by atoms with Gasteiger partial charge in [-0.25, -0.2) is 18.4 Å². The minimum Gasteiger partial charge on any atom is -0.497 e. The Morgan fingerprint density at radius 3 is 2.52 bits per heavy atom. The molecule has 0 N–H and O–H groups in total. The zero-order chi connectivity index (χ0) is 21.4. The maximum atomic E-state index is 13.1. The highest BCUT2D eigenvalue weighted by Gasteiger charge is 2.35. The van der Waals surface area contributed by atoms with Gasteiger partial charge in [0.05, 0.1) is 18.0 Å². The number of rotatable bonds is 5. The number of hydrogen-bond donors (Lipinski definition) is 0. The van der Waals surface area contributed by atoms with Crippen molar-refractivity contribution < 1.29 is 13.2 Å². The van der Waals surface area contributed by atoms with E-state index in [2.05, 4.69) is 9.55 Å². The van der Waals surface area contributed by atoms with Crippen molar-refractivity contribution in [2.45, 2.75) is 17.4 Å². The molecular formula is C23H22N4O3S. The normalized spacial score (nSPS) is 17.3. The third-order valence-electron chi connectivity index (χ3n) is 5.67. The van der Waals surface area contributed by atoms with Gasteiger partial charge in [-0.15, -0.1) is 0 Å². The number of imidazole rings is 1. The third kappa shape index (κ3) is 3.47. The maximum Gasteiger partial charge on any atom is 0.243 e. The predicted octanol–water partition coefficient (Wildman–Crippen LogP) is 3.74. The van der Waals surface area contributed by atoms with E-state index in [1.54, 1.807) is 41.9 Å². The average molecular weight is 435 g/mol. The van der Waals surface area contributed by atoms with E-state index >= 15 is 0 Å². The fourth-order valence-electron chi connectivity index (χ4n) is 4.10. The minimum absolute atomic E-state index is 0.0597. The van der Waals surface area contributed by atoms with Crippen LogP contribution < -0.4 is 4.74 Å². The largest absolute Gasteiger partial charge is 0.497 e. The Hall–Kier alpha value is -3.23. The molecule has 0 radical (unpaired) electrons. The Morgan fingerprint density at radius 2 is 1.77 bits per heavy atom. The summed E-state index contributed by atoms with van der Waals surface area (Å²) in [5, 5.41) is 0. The van der Waals surface area contributed by atoms with Crippen LogP contribution in [0, 0.1) is 0 Å². The first kappa shape index (κ1) is 19.7. The lowest BCUT2D eigenvalue weighted by Gasteiger charge is -2.19. The van der Waals surface area contributed by atoms with Crippen LogP contribution in [-0.2, 0) is 10.0 Å². The van der Waals surface area contributed by atoms with Gasteiger partial charge in [-0.05, 0) is 55.0 Å². The second-order valence-corrected chi connectivity index (χ2v) is 9.44. The van der Waals surface area contributed by atoms with Crippen LogP contribution in [-0.4, -0.2) is 47.5 Å². The van der Waals surface area contributed by atoms with Crippen molar-refractivity contribution in [2.75, 3.05) is 20.2 Å². The van der Waals surface area contributed by atoms with Gasteiger partial charge < -0.3 is 9.30 Å². The minimum atomic E-state index is -3.54. The first-order chi connectivity index (χ1) is 15.1. The van der Waals surface area contributed by atoms with E-state index < -0.39 is 10.0 Å². The molecule has 1 saturated heterocycles. The highest BCUT2D eigenvalue weighted by Crippen LogP contribution is 2.34. The van der Waals surface area contributed by atoms with E-state index in [4.69, 9.17) is 9.72 Å². The summed E-state index contributed by atoms with van der Waals surface area (Å²) in [6.07, 6.45) is 2.43. The highest BCUT2D eigenvalue weighted by atomic mass is 32.2. The molecule has 4 aromatic rings. The standard InChI is InChI=1S/C23H22N4O3S/c1-30-19-11-9-17(10-12-19)22-25-21-8-5-14-24-23(21)27(22)18-13-15-26(16-18)31(28,29)20-6-3-2-4-7-20/h2-12,14,18H,13,15-16H2,1H3/t18-/m0/s1. The number of pyridine rings is 1. The first-order valence-electron chi connectivity index (χ1n) is 10.1. The fraction of sp³-hybridized carbons (Fsp3) is 0.217. The Bertz CT molecular complexity index is 1320. The van der Waals surface area contributed by atoms with Crippen LogP contribution in [0.4, 0.5) is 0 Å². The van der Waals surface area contributed by atoms with Gasteiger partial charge in [0, 0.05) is 24.8 Å². The van der Waals surface area contributed by atoms with Gasteiger partial charge in [0.25, 0.3) is 0 Å². The average Bonchev–Trinajstić information content (AvgIpc) is 3.45. The molecule has 1 aliphatic heterocycles. The summed E-state index contributed by atoms with van der Waals surface area (Å²) in [4.78, 5) is 9.70. The molecule has 8 heteroatoms. The number of fused-ring (bicyclic) bond motifs is 1. The molecule has 5 rings (SSSR count). The van der Waals surface area contributed by atoms with Crippen molar-refractivity contribution in [1.82, 2.24) is 18.8 Å². The summed E-state index contributed by atoms with van der Waals surface area (Å²) in [6.45, 7) is 0.832. The summed E-state index contributed by atoms with van der Waals surface area (Å²) < 4.78 is 35.1. The molecule has 0 unspecified atom stereocenters. The number of nitrogens with zero attached hydrogens (tertiary/aromatic N) is 4. The van der Waals surface area contributed by atoms with Gasteiger partial charge in [-0.3, -0.25) is 0 Å². The molecule has 0 aliphatic carbocycles. The van der Waals surface area contributed by atoms with E-state index in [9.17, 15) is 8.42 Å². The van der Waals surface area contributed by atoms with Crippen LogP contribution in [0.15, 0.2) is 77.8 Å². The molecule has 0 bridgehead atoms. The second kappa shape index (κ2) is 7.79. The van der Waals surface area contributed by atoms with Crippen molar-refractivity contribution in [3.63, 3.8) is 0 Å². The SMILES string of the molecule is COc1ccc(-c2nc3cccnc3n2[C@H]2CCN(S(=O)(=O)c3ccccc3)C2)cc1. The van der Waals surface area contributed by atoms with Crippen molar-refractivity contribution >= 4 is 21.2 Å². The maximum absolute atomic E-state index is 13.1. The Morgan fingerprint density at radius 1 is 1.00 bits per heavy atom. The second-order valence-electron chi connectivity index (χ2n) is 7.50. The third-order valence-corrected chi connectivity index (χ3v) is 7.55. The lowest BCUT2D eigenvalue weighted by atomic mass is 10.2. The van der Waals surface area contributed by atoms with Gasteiger partial charge in [-0.2, -0.15) is 4.31 Å². The molecule has 1 aliphatic rings. The lowest BCUT2D eigenvalue weighted by molar-refractivity contribution is 0.415. The summed E-state index contributed by atoms with van der Waals surface area (Å²) in [6, 6.07) is 20.0. The molecule has 0 spiro atoms. The van der Waals surface area contributed by atoms with E-state index in [1.165, 1.54) is 0 Å². The van der Waals surface area contributed by atoms with Crippen molar-refractivity contribution in [3.05, 3.63) is 72.9 Å². The van der Waals surface area contributed by atoms with E-state index in [0.29, 0.717) is 24.4 Å². The molecule has 31 heavy (non-hydrogen) atoms. The molecule has 1 fully saturated rings. The molecule has 3 heterocycles. The fourth-order valence-corrected chi connectivity index (χ4v) is 5.61. The van der Waals surface area contributed by atoms with Gasteiger partial charge in [0.15, 0.2) is 5.65 Å². The van der Waals surface area contributed by atoms with Crippen LogP contribution >= 0.6 is 0 Å². The predicted molar refractivity (Wildman–Crippen MR) is 118 cm³/mol. The van der Waals surface area contributed by atoms with E-state index in [-0.39, 0.29) is 6.04 Å². The summed E-state index contributed by atoms with van der Waals surface area (Å²) >= 11 is 0. The molecule has 158 valence electrons.